The number of nitrogens with zero attached hydrogens (tertiary/aromatic N) is 1. The highest BCUT2D eigenvalue weighted by Gasteiger charge is 2.07. The lowest BCUT2D eigenvalue weighted by molar-refractivity contribution is 0.123. The lowest BCUT2D eigenvalue weighted by atomic mass is 10.1. The SMILES string of the molecule is CCCCCCCCCCCCN(CCCCCCCCCCCC)CC(C)O. The van der Waals surface area contributed by atoms with E-state index in [1.54, 1.807) is 0 Å². The number of unbranched alkanes of at least 4 members (excludes halogenated alkanes) is 18. The molecule has 0 aliphatic heterocycles. The Morgan fingerprint density at radius 1 is 0.483 bits per heavy atom. The molecule has 2 heteroatoms. The van der Waals surface area contributed by atoms with Gasteiger partial charge in [-0.15, -0.1) is 0 Å². The average molecular weight is 412 g/mol. The highest BCUT2D eigenvalue weighted by molar-refractivity contribution is 4.62. The minimum atomic E-state index is -0.193. The van der Waals surface area contributed by atoms with Gasteiger partial charge in [0.2, 0.25) is 0 Å². The molecule has 0 heterocycles. The fraction of sp³-hybridized carbons (Fsp3) is 1.00. The molecule has 0 aliphatic rings. The second-order valence-electron chi connectivity index (χ2n) is 9.51. The van der Waals surface area contributed by atoms with Crippen LogP contribution in [0.3, 0.4) is 0 Å². The Labute approximate surface area is 185 Å². The highest BCUT2D eigenvalue weighted by atomic mass is 16.3. The third-order valence-electron chi connectivity index (χ3n) is 6.18. The summed E-state index contributed by atoms with van der Waals surface area (Å²) in [6.45, 7) is 9.73. The van der Waals surface area contributed by atoms with Crippen LogP contribution in [0.2, 0.25) is 0 Å². The summed E-state index contributed by atoms with van der Waals surface area (Å²) in [4.78, 5) is 2.51. The molecular formula is C27H57NO. The van der Waals surface area contributed by atoms with Gasteiger partial charge in [-0.3, -0.25) is 0 Å². The monoisotopic (exact) mass is 411 g/mol. The fourth-order valence-electron chi connectivity index (χ4n) is 4.31. The standard InChI is InChI=1S/C27H57NO/c1-4-6-8-10-12-14-16-18-20-22-24-28(26-27(3)29)25-23-21-19-17-15-13-11-9-7-5-2/h27,29H,4-26H2,1-3H3. The van der Waals surface area contributed by atoms with Crippen molar-refractivity contribution in [3.05, 3.63) is 0 Å². The molecule has 0 aromatic rings. The zero-order valence-electron chi connectivity index (χ0n) is 20.7. The van der Waals surface area contributed by atoms with Crippen molar-refractivity contribution in [2.24, 2.45) is 0 Å². The summed E-state index contributed by atoms with van der Waals surface area (Å²) in [5, 5.41) is 9.80. The number of hydrogen-bond acceptors (Lipinski definition) is 2. The Balaban J connectivity index is 3.55. The summed E-state index contributed by atoms with van der Waals surface area (Å²) in [5.41, 5.74) is 0. The summed E-state index contributed by atoms with van der Waals surface area (Å²) < 4.78 is 0. The molecule has 0 fully saturated rings. The van der Waals surface area contributed by atoms with Gasteiger partial charge in [0.05, 0.1) is 6.10 Å². The number of aliphatic hydroxyl groups excluding tert-OH is 1. The lowest BCUT2D eigenvalue weighted by Gasteiger charge is -2.23. The molecule has 0 spiro atoms. The maximum atomic E-state index is 9.80. The van der Waals surface area contributed by atoms with E-state index in [4.69, 9.17) is 0 Å². The zero-order chi connectivity index (χ0) is 21.4. The average Bonchev–Trinajstić information content (AvgIpc) is 2.70. The van der Waals surface area contributed by atoms with Crippen molar-refractivity contribution in [3.8, 4) is 0 Å². The third kappa shape index (κ3) is 24.1. The Morgan fingerprint density at radius 3 is 1.03 bits per heavy atom. The van der Waals surface area contributed by atoms with Gasteiger partial charge in [0.25, 0.3) is 0 Å². The Bertz CT molecular complexity index is 268. The molecule has 0 saturated carbocycles. The molecular weight excluding hydrogens is 354 g/mol. The van der Waals surface area contributed by atoms with E-state index in [1.807, 2.05) is 6.92 Å². The summed E-state index contributed by atoms with van der Waals surface area (Å²) in [6, 6.07) is 0. The van der Waals surface area contributed by atoms with Crippen LogP contribution in [0, 0.1) is 0 Å². The van der Waals surface area contributed by atoms with Gasteiger partial charge in [-0.1, -0.05) is 129 Å². The predicted octanol–water partition coefficient (Wildman–Crippen LogP) is 8.51. The first-order chi connectivity index (χ1) is 14.2. The molecule has 1 N–H and O–H groups in total. The summed E-state index contributed by atoms with van der Waals surface area (Å²) >= 11 is 0. The van der Waals surface area contributed by atoms with Gasteiger partial charge in [0.15, 0.2) is 0 Å². The molecule has 0 aromatic heterocycles. The molecule has 176 valence electrons. The number of hydrogen-bond donors (Lipinski definition) is 1. The second kappa shape index (κ2) is 24.2. The van der Waals surface area contributed by atoms with Crippen LogP contribution in [0.4, 0.5) is 0 Å². The van der Waals surface area contributed by atoms with E-state index >= 15 is 0 Å². The quantitative estimate of drug-likeness (QED) is 0.161. The molecule has 0 saturated heterocycles. The summed E-state index contributed by atoms with van der Waals surface area (Å²) in [7, 11) is 0. The molecule has 0 amide bonds. The smallest absolute Gasteiger partial charge is 0.0639 e. The molecule has 1 unspecified atom stereocenters. The Morgan fingerprint density at radius 2 is 0.759 bits per heavy atom. The van der Waals surface area contributed by atoms with Crippen LogP contribution < -0.4 is 0 Å². The van der Waals surface area contributed by atoms with Crippen molar-refractivity contribution in [1.29, 1.82) is 0 Å². The zero-order valence-corrected chi connectivity index (χ0v) is 20.7. The van der Waals surface area contributed by atoms with Gasteiger partial charge >= 0.3 is 0 Å². The minimum Gasteiger partial charge on any atom is -0.392 e. The van der Waals surface area contributed by atoms with E-state index in [0.717, 1.165) is 6.54 Å². The fourth-order valence-corrected chi connectivity index (χ4v) is 4.31. The van der Waals surface area contributed by atoms with E-state index in [2.05, 4.69) is 18.7 Å². The van der Waals surface area contributed by atoms with E-state index in [0.29, 0.717) is 0 Å². The molecule has 0 radical (unpaired) electrons. The van der Waals surface area contributed by atoms with Gasteiger partial charge in [-0.2, -0.15) is 0 Å². The number of rotatable bonds is 24. The van der Waals surface area contributed by atoms with Crippen molar-refractivity contribution in [3.63, 3.8) is 0 Å². The van der Waals surface area contributed by atoms with E-state index in [9.17, 15) is 5.11 Å². The van der Waals surface area contributed by atoms with Gasteiger partial charge in [-0.25, -0.2) is 0 Å². The van der Waals surface area contributed by atoms with Gasteiger partial charge in [0, 0.05) is 6.54 Å². The van der Waals surface area contributed by atoms with E-state index in [1.165, 1.54) is 142 Å². The number of aliphatic hydroxyl groups is 1. The van der Waals surface area contributed by atoms with Gasteiger partial charge in [-0.05, 0) is 32.9 Å². The van der Waals surface area contributed by atoms with Crippen molar-refractivity contribution in [2.75, 3.05) is 19.6 Å². The molecule has 0 aliphatic carbocycles. The van der Waals surface area contributed by atoms with Crippen molar-refractivity contribution < 1.29 is 5.11 Å². The summed E-state index contributed by atoms with van der Waals surface area (Å²) in [5.74, 6) is 0. The Hall–Kier alpha value is -0.0800. The first kappa shape index (κ1) is 28.9. The molecule has 0 aromatic carbocycles. The molecule has 29 heavy (non-hydrogen) atoms. The normalized spacial score (nSPS) is 12.7. The predicted molar refractivity (Wildman–Crippen MR) is 132 cm³/mol. The van der Waals surface area contributed by atoms with E-state index in [-0.39, 0.29) is 6.10 Å². The molecule has 0 bridgehead atoms. The molecule has 2 nitrogen and oxygen atoms in total. The largest absolute Gasteiger partial charge is 0.392 e. The maximum Gasteiger partial charge on any atom is 0.0639 e. The van der Waals surface area contributed by atoms with Crippen LogP contribution in [0.15, 0.2) is 0 Å². The minimum absolute atomic E-state index is 0.193. The molecule has 0 rings (SSSR count). The van der Waals surface area contributed by atoms with Crippen LogP contribution in [-0.2, 0) is 0 Å². The van der Waals surface area contributed by atoms with Crippen molar-refractivity contribution in [1.82, 2.24) is 4.90 Å². The van der Waals surface area contributed by atoms with Crippen LogP contribution in [0.5, 0.6) is 0 Å². The van der Waals surface area contributed by atoms with Gasteiger partial charge in [0.1, 0.15) is 0 Å². The van der Waals surface area contributed by atoms with Crippen LogP contribution in [0.25, 0.3) is 0 Å². The van der Waals surface area contributed by atoms with Crippen LogP contribution >= 0.6 is 0 Å². The molecule has 1 atom stereocenters. The second-order valence-corrected chi connectivity index (χ2v) is 9.51. The highest BCUT2D eigenvalue weighted by Crippen LogP contribution is 2.13. The van der Waals surface area contributed by atoms with Crippen molar-refractivity contribution in [2.45, 2.75) is 155 Å². The van der Waals surface area contributed by atoms with Crippen molar-refractivity contribution >= 4 is 0 Å². The third-order valence-corrected chi connectivity index (χ3v) is 6.18. The summed E-state index contributed by atoms with van der Waals surface area (Å²) in [6.07, 6.45) is 27.8. The van der Waals surface area contributed by atoms with E-state index < -0.39 is 0 Å². The van der Waals surface area contributed by atoms with Crippen LogP contribution in [0.1, 0.15) is 149 Å². The topological polar surface area (TPSA) is 23.5 Å². The first-order valence-corrected chi connectivity index (χ1v) is 13.6. The van der Waals surface area contributed by atoms with Crippen LogP contribution in [-0.4, -0.2) is 35.7 Å². The maximum absolute atomic E-state index is 9.80. The Kier molecular flexibility index (Phi) is 24.1. The lowest BCUT2D eigenvalue weighted by Crippen LogP contribution is -2.32. The first-order valence-electron chi connectivity index (χ1n) is 13.6. The van der Waals surface area contributed by atoms with Gasteiger partial charge < -0.3 is 10.0 Å².